The van der Waals surface area contributed by atoms with E-state index < -0.39 is 0 Å². The zero-order valence-corrected chi connectivity index (χ0v) is 10.1. The van der Waals surface area contributed by atoms with Gasteiger partial charge in [-0.3, -0.25) is 4.79 Å². The number of hydrogen-bond donors (Lipinski definition) is 1. The van der Waals surface area contributed by atoms with Crippen LogP contribution >= 0.6 is 11.5 Å². The summed E-state index contributed by atoms with van der Waals surface area (Å²) in [6, 6.07) is 7.65. The van der Waals surface area contributed by atoms with Crippen LogP contribution in [0.4, 0.5) is 5.69 Å². The number of aromatic nitrogens is 2. The van der Waals surface area contributed by atoms with Gasteiger partial charge in [-0.1, -0.05) is 0 Å². The number of aryl methyl sites for hydroxylation is 1. The summed E-state index contributed by atoms with van der Waals surface area (Å²) in [5.74, 6) is 0.616. The summed E-state index contributed by atoms with van der Waals surface area (Å²) >= 11 is 1.09. The SMILES string of the molecule is N#Cc1nc(-c2ccc3c(c2)CCC(=O)N3)ns1. The third-order valence-corrected chi connectivity index (χ3v) is 3.40. The number of rotatable bonds is 1. The van der Waals surface area contributed by atoms with Crippen molar-refractivity contribution in [2.24, 2.45) is 0 Å². The van der Waals surface area contributed by atoms with Gasteiger partial charge in [0.1, 0.15) is 6.07 Å². The molecule has 1 aromatic heterocycles. The van der Waals surface area contributed by atoms with Gasteiger partial charge >= 0.3 is 0 Å². The van der Waals surface area contributed by atoms with Crippen LogP contribution in [0, 0.1) is 11.3 Å². The number of nitrogens with one attached hydrogen (secondary N) is 1. The van der Waals surface area contributed by atoms with Crippen LogP contribution in [0.5, 0.6) is 0 Å². The third-order valence-electron chi connectivity index (χ3n) is 2.78. The second kappa shape index (κ2) is 4.20. The fraction of sp³-hybridized carbons (Fsp3) is 0.167. The molecule has 1 N–H and O–H groups in total. The van der Waals surface area contributed by atoms with Gasteiger partial charge in [-0.25, -0.2) is 4.98 Å². The summed E-state index contributed by atoms with van der Waals surface area (Å²) in [6.45, 7) is 0. The number of carbonyl (C=O) groups excluding carboxylic acids is 1. The van der Waals surface area contributed by atoms with Gasteiger partial charge < -0.3 is 5.32 Å². The standard InChI is InChI=1S/C12H8N4OS/c13-6-11-15-12(16-18-11)8-1-3-9-7(5-8)2-4-10(17)14-9/h1,3,5H,2,4H2,(H,14,17). The highest BCUT2D eigenvalue weighted by molar-refractivity contribution is 7.06. The maximum atomic E-state index is 11.3. The van der Waals surface area contributed by atoms with E-state index in [-0.39, 0.29) is 5.91 Å². The lowest BCUT2D eigenvalue weighted by Crippen LogP contribution is -2.18. The van der Waals surface area contributed by atoms with Gasteiger partial charge in [0.25, 0.3) is 0 Å². The van der Waals surface area contributed by atoms with Crippen LogP contribution in [0.15, 0.2) is 18.2 Å². The number of fused-ring (bicyclic) bond motifs is 1. The van der Waals surface area contributed by atoms with Crippen LogP contribution in [-0.4, -0.2) is 15.3 Å². The normalized spacial score (nSPS) is 13.6. The first kappa shape index (κ1) is 10.9. The van der Waals surface area contributed by atoms with Crippen molar-refractivity contribution < 1.29 is 4.79 Å². The summed E-state index contributed by atoms with van der Waals surface area (Å²) in [7, 11) is 0. The molecule has 0 unspecified atom stereocenters. The first-order valence-corrected chi connectivity index (χ1v) is 6.20. The van der Waals surface area contributed by atoms with Crippen molar-refractivity contribution in [2.45, 2.75) is 12.8 Å². The number of hydrogen-bond acceptors (Lipinski definition) is 5. The van der Waals surface area contributed by atoms with Crippen LogP contribution in [0.25, 0.3) is 11.4 Å². The number of nitriles is 1. The summed E-state index contributed by atoms with van der Waals surface area (Å²) in [5, 5.41) is 11.9. The molecule has 88 valence electrons. The minimum atomic E-state index is 0.0498. The predicted molar refractivity (Wildman–Crippen MR) is 67.0 cm³/mol. The molecule has 0 spiro atoms. The molecule has 5 nitrogen and oxygen atoms in total. The minimum Gasteiger partial charge on any atom is -0.326 e. The summed E-state index contributed by atoms with van der Waals surface area (Å²) < 4.78 is 4.14. The lowest BCUT2D eigenvalue weighted by molar-refractivity contribution is -0.116. The fourth-order valence-electron chi connectivity index (χ4n) is 1.91. The van der Waals surface area contributed by atoms with Gasteiger partial charge in [-0.05, 0) is 41.7 Å². The number of benzene rings is 1. The molecule has 0 saturated heterocycles. The predicted octanol–water partition coefficient (Wildman–Crippen LogP) is 1.96. The van der Waals surface area contributed by atoms with Crippen molar-refractivity contribution in [3.05, 3.63) is 28.8 Å². The Balaban J connectivity index is 2.00. The zero-order valence-electron chi connectivity index (χ0n) is 9.30. The van der Waals surface area contributed by atoms with E-state index in [0.29, 0.717) is 17.3 Å². The molecule has 1 amide bonds. The number of amides is 1. The minimum absolute atomic E-state index is 0.0498. The molecule has 2 aromatic rings. The highest BCUT2D eigenvalue weighted by Gasteiger charge is 2.16. The molecule has 1 aromatic carbocycles. The van der Waals surface area contributed by atoms with Crippen molar-refractivity contribution in [3.63, 3.8) is 0 Å². The average Bonchev–Trinajstić information content (AvgIpc) is 2.87. The maximum Gasteiger partial charge on any atom is 0.224 e. The molecule has 18 heavy (non-hydrogen) atoms. The van der Waals surface area contributed by atoms with Crippen molar-refractivity contribution in [2.75, 3.05) is 5.32 Å². The molecule has 0 fully saturated rings. The zero-order chi connectivity index (χ0) is 12.5. The van der Waals surface area contributed by atoms with E-state index in [1.54, 1.807) is 0 Å². The van der Waals surface area contributed by atoms with E-state index in [2.05, 4.69) is 14.7 Å². The Hall–Kier alpha value is -2.26. The molecule has 0 radical (unpaired) electrons. The van der Waals surface area contributed by atoms with Crippen molar-refractivity contribution in [1.29, 1.82) is 5.26 Å². The van der Waals surface area contributed by atoms with Crippen LogP contribution < -0.4 is 5.32 Å². The number of nitrogens with zero attached hydrogens (tertiary/aromatic N) is 3. The van der Waals surface area contributed by atoms with E-state index in [0.717, 1.165) is 34.8 Å². The van der Waals surface area contributed by atoms with Crippen molar-refractivity contribution in [3.8, 4) is 17.5 Å². The van der Waals surface area contributed by atoms with E-state index >= 15 is 0 Å². The second-order valence-corrected chi connectivity index (χ2v) is 4.71. The topological polar surface area (TPSA) is 78.7 Å². The van der Waals surface area contributed by atoms with Crippen LogP contribution in [0.2, 0.25) is 0 Å². The van der Waals surface area contributed by atoms with Crippen molar-refractivity contribution >= 4 is 23.1 Å². The molecule has 0 atom stereocenters. The summed E-state index contributed by atoms with van der Waals surface area (Å²) in [5.41, 5.74) is 2.81. The van der Waals surface area contributed by atoms with Crippen LogP contribution in [0.3, 0.4) is 0 Å². The highest BCUT2D eigenvalue weighted by atomic mass is 32.1. The van der Waals surface area contributed by atoms with E-state index in [1.165, 1.54) is 0 Å². The Labute approximate surface area is 107 Å². The van der Waals surface area contributed by atoms with Gasteiger partial charge in [0.15, 0.2) is 5.82 Å². The molecule has 1 aliphatic heterocycles. The molecule has 0 bridgehead atoms. The van der Waals surface area contributed by atoms with Gasteiger partial charge in [0.2, 0.25) is 10.9 Å². The molecular weight excluding hydrogens is 248 g/mol. The van der Waals surface area contributed by atoms with E-state index in [4.69, 9.17) is 5.26 Å². The second-order valence-electron chi connectivity index (χ2n) is 3.96. The first-order valence-electron chi connectivity index (χ1n) is 5.43. The van der Waals surface area contributed by atoms with Gasteiger partial charge in [0, 0.05) is 17.7 Å². The summed E-state index contributed by atoms with van der Waals surface area (Å²) in [4.78, 5) is 15.4. The largest absolute Gasteiger partial charge is 0.326 e. The van der Waals surface area contributed by atoms with Crippen LogP contribution in [0.1, 0.15) is 17.0 Å². The Morgan fingerprint density at radius 1 is 1.39 bits per heavy atom. The molecular formula is C12H8N4OS. The first-order chi connectivity index (χ1) is 8.76. The number of carbonyl (C=O) groups is 1. The summed E-state index contributed by atoms with van der Waals surface area (Å²) in [6.07, 6.45) is 1.23. The lowest BCUT2D eigenvalue weighted by atomic mass is 10.0. The molecule has 3 rings (SSSR count). The fourth-order valence-corrected chi connectivity index (χ4v) is 2.40. The number of anilines is 1. The maximum absolute atomic E-state index is 11.3. The lowest BCUT2D eigenvalue weighted by Gasteiger charge is -2.16. The van der Waals surface area contributed by atoms with Crippen molar-refractivity contribution in [1.82, 2.24) is 9.36 Å². The average molecular weight is 256 g/mol. The Bertz CT molecular complexity index is 671. The van der Waals surface area contributed by atoms with E-state index in [1.807, 2.05) is 24.3 Å². The van der Waals surface area contributed by atoms with Gasteiger partial charge in [-0.15, -0.1) is 0 Å². The van der Waals surface area contributed by atoms with Gasteiger partial charge in [-0.2, -0.15) is 9.64 Å². The quantitative estimate of drug-likeness (QED) is 0.846. The molecule has 1 aliphatic rings. The Morgan fingerprint density at radius 3 is 3.06 bits per heavy atom. The van der Waals surface area contributed by atoms with Gasteiger partial charge in [0.05, 0.1) is 0 Å². The van der Waals surface area contributed by atoms with Crippen LogP contribution in [-0.2, 0) is 11.2 Å². The molecule has 6 heteroatoms. The highest BCUT2D eigenvalue weighted by Crippen LogP contribution is 2.27. The smallest absolute Gasteiger partial charge is 0.224 e. The Kier molecular flexibility index (Phi) is 2.54. The Morgan fingerprint density at radius 2 is 2.28 bits per heavy atom. The monoisotopic (exact) mass is 256 g/mol. The molecule has 0 saturated carbocycles. The van der Waals surface area contributed by atoms with E-state index in [9.17, 15) is 4.79 Å². The third kappa shape index (κ3) is 1.85. The molecule has 0 aliphatic carbocycles. The molecule has 2 heterocycles.